The molecule has 162 valence electrons. The highest BCUT2D eigenvalue weighted by atomic mass is 16.5. The van der Waals surface area contributed by atoms with Crippen LogP contribution in [0.1, 0.15) is 68.1 Å². The number of carbonyl (C=O) groups is 1. The Morgan fingerprint density at radius 2 is 1.87 bits per heavy atom. The van der Waals surface area contributed by atoms with E-state index in [1.54, 1.807) is 7.05 Å². The van der Waals surface area contributed by atoms with Gasteiger partial charge in [0.15, 0.2) is 11.5 Å². The Morgan fingerprint density at radius 1 is 1.13 bits per heavy atom. The first kappa shape index (κ1) is 20.1. The van der Waals surface area contributed by atoms with Gasteiger partial charge in [-0.15, -0.1) is 0 Å². The molecular weight excluding hydrogens is 386 g/mol. The number of hydrogen-bond acceptors (Lipinski definition) is 4. The fourth-order valence-corrected chi connectivity index (χ4v) is 5.70. The average Bonchev–Trinajstić information content (AvgIpc) is 2.98. The van der Waals surface area contributed by atoms with Crippen LogP contribution in [0.4, 0.5) is 0 Å². The van der Waals surface area contributed by atoms with Gasteiger partial charge in [0.25, 0.3) is 5.91 Å². The molecule has 0 saturated heterocycles. The van der Waals surface area contributed by atoms with E-state index in [1.165, 1.54) is 48.1 Å². The molecule has 1 saturated carbocycles. The maximum atomic E-state index is 13.6. The summed E-state index contributed by atoms with van der Waals surface area (Å²) in [5.74, 6) is 1.52. The van der Waals surface area contributed by atoms with Gasteiger partial charge in [0.2, 0.25) is 0 Å². The first-order valence-electron chi connectivity index (χ1n) is 11.4. The summed E-state index contributed by atoms with van der Waals surface area (Å²) in [5, 5.41) is 0. The molecule has 1 spiro atoms. The van der Waals surface area contributed by atoms with E-state index in [-0.39, 0.29) is 11.9 Å². The van der Waals surface area contributed by atoms with Crippen LogP contribution in [0, 0.1) is 0 Å². The molecular formula is C26H31N3O2. The highest BCUT2D eigenvalue weighted by Crippen LogP contribution is 2.51. The molecule has 2 heterocycles. The molecule has 0 aromatic heterocycles. The van der Waals surface area contributed by atoms with Crippen LogP contribution in [0.15, 0.2) is 53.5 Å². The molecule has 2 atom stereocenters. The quantitative estimate of drug-likeness (QED) is 0.799. The summed E-state index contributed by atoms with van der Waals surface area (Å²) >= 11 is 0. The minimum Gasteiger partial charge on any atom is -0.487 e. The number of aliphatic imine (C=N–C) groups is 1. The van der Waals surface area contributed by atoms with Gasteiger partial charge in [0.1, 0.15) is 11.4 Å². The van der Waals surface area contributed by atoms with Gasteiger partial charge in [0.05, 0.1) is 0 Å². The summed E-state index contributed by atoms with van der Waals surface area (Å²) in [6.45, 7) is 2.08. The van der Waals surface area contributed by atoms with Gasteiger partial charge in [0, 0.05) is 25.5 Å². The van der Waals surface area contributed by atoms with Crippen LogP contribution < -0.4 is 10.5 Å². The van der Waals surface area contributed by atoms with E-state index in [0.717, 1.165) is 11.3 Å². The van der Waals surface area contributed by atoms with Crippen molar-refractivity contribution < 1.29 is 9.53 Å². The molecule has 5 heteroatoms. The van der Waals surface area contributed by atoms with Crippen molar-refractivity contribution in [3.63, 3.8) is 0 Å². The number of rotatable bonds is 3. The lowest BCUT2D eigenvalue weighted by molar-refractivity contribution is -0.133. The van der Waals surface area contributed by atoms with Gasteiger partial charge < -0.3 is 10.5 Å². The third kappa shape index (κ3) is 3.40. The highest BCUT2D eigenvalue weighted by Gasteiger charge is 2.56. The Bertz CT molecular complexity index is 1030. The van der Waals surface area contributed by atoms with E-state index in [0.29, 0.717) is 18.8 Å². The molecule has 1 aliphatic carbocycles. The van der Waals surface area contributed by atoms with Crippen molar-refractivity contribution in [3.05, 3.63) is 65.2 Å². The highest BCUT2D eigenvalue weighted by molar-refractivity contribution is 6.07. The number of benzene rings is 2. The number of nitrogens with two attached hydrogens (primary N) is 1. The molecule has 1 amide bonds. The van der Waals surface area contributed by atoms with E-state index in [9.17, 15) is 4.79 Å². The van der Waals surface area contributed by atoms with Crippen molar-refractivity contribution in [2.75, 3.05) is 7.05 Å². The maximum absolute atomic E-state index is 13.6. The van der Waals surface area contributed by atoms with E-state index < -0.39 is 11.1 Å². The third-order valence-corrected chi connectivity index (χ3v) is 7.24. The van der Waals surface area contributed by atoms with Crippen molar-refractivity contribution in [2.24, 2.45) is 10.7 Å². The molecule has 2 aliphatic heterocycles. The predicted octanol–water partition coefficient (Wildman–Crippen LogP) is 4.50. The minimum absolute atomic E-state index is 0.0605. The third-order valence-electron chi connectivity index (χ3n) is 7.24. The van der Waals surface area contributed by atoms with Crippen molar-refractivity contribution in [1.82, 2.24) is 4.90 Å². The van der Waals surface area contributed by atoms with Crippen molar-refractivity contribution in [1.29, 1.82) is 0 Å². The zero-order valence-electron chi connectivity index (χ0n) is 18.4. The largest absolute Gasteiger partial charge is 0.487 e. The van der Waals surface area contributed by atoms with Gasteiger partial charge in [-0.2, -0.15) is 0 Å². The van der Waals surface area contributed by atoms with E-state index in [2.05, 4.69) is 37.3 Å². The molecule has 5 rings (SSSR count). The smallest absolute Gasteiger partial charge is 0.261 e. The zero-order chi connectivity index (χ0) is 21.6. The lowest BCUT2D eigenvalue weighted by Gasteiger charge is -2.43. The van der Waals surface area contributed by atoms with Gasteiger partial charge in [-0.1, -0.05) is 55.7 Å². The first-order chi connectivity index (χ1) is 14.9. The topological polar surface area (TPSA) is 67.9 Å². The Hall–Kier alpha value is -2.82. The second-order valence-electron chi connectivity index (χ2n) is 9.68. The lowest BCUT2D eigenvalue weighted by Crippen LogP contribution is -2.51. The zero-order valence-corrected chi connectivity index (χ0v) is 18.4. The summed E-state index contributed by atoms with van der Waals surface area (Å²) in [4.78, 5) is 19.8. The van der Waals surface area contributed by atoms with Gasteiger partial charge >= 0.3 is 0 Å². The van der Waals surface area contributed by atoms with Crippen LogP contribution in [0.5, 0.6) is 5.75 Å². The number of carbonyl (C=O) groups excluding carboxylic acids is 1. The molecule has 0 radical (unpaired) electrons. The molecule has 1 fully saturated rings. The summed E-state index contributed by atoms with van der Waals surface area (Å²) in [6.07, 6.45) is 7.44. The molecule has 2 aromatic carbocycles. The van der Waals surface area contributed by atoms with Crippen LogP contribution in [0.25, 0.3) is 0 Å². The van der Waals surface area contributed by atoms with Crippen LogP contribution in [0.2, 0.25) is 0 Å². The van der Waals surface area contributed by atoms with E-state index in [1.807, 2.05) is 18.2 Å². The Morgan fingerprint density at radius 3 is 2.55 bits per heavy atom. The molecule has 1 unspecified atom stereocenters. The molecule has 2 aromatic rings. The second kappa shape index (κ2) is 7.40. The number of fused-ring (bicyclic) bond motifs is 2. The second-order valence-corrected chi connectivity index (χ2v) is 9.68. The fourth-order valence-electron chi connectivity index (χ4n) is 5.70. The Balaban J connectivity index is 1.59. The van der Waals surface area contributed by atoms with Gasteiger partial charge in [-0.05, 0) is 48.9 Å². The normalized spacial score (nSPS) is 28.4. The fraction of sp³-hybridized carbons (Fsp3) is 0.462. The number of likely N-dealkylation sites (N-methyl/N-ethyl adjacent to an activating group) is 1. The van der Waals surface area contributed by atoms with Crippen molar-refractivity contribution in [3.8, 4) is 5.75 Å². The van der Waals surface area contributed by atoms with Gasteiger partial charge in [-0.3, -0.25) is 9.69 Å². The number of hydrogen-bond donors (Lipinski definition) is 1. The number of amides is 1. The molecule has 3 aliphatic rings. The summed E-state index contributed by atoms with van der Waals surface area (Å²) < 4.78 is 6.59. The lowest BCUT2D eigenvalue weighted by atomic mass is 9.73. The Kier molecular flexibility index (Phi) is 4.80. The van der Waals surface area contributed by atoms with E-state index >= 15 is 0 Å². The Labute approximate surface area is 184 Å². The predicted molar refractivity (Wildman–Crippen MR) is 122 cm³/mol. The standard InChI is InChI=1S/C26H31N3O2/c1-25(16-18-9-5-3-6-10-18)17-26(23(30)29(2)24(27)28-26)21-15-20(13-14-22(21)31-25)19-11-7-4-8-12-19/h3,5-6,9-10,13-15,19H,4,7-8,11-12,16-17H2,1-2H3,(H2,27,28)/t25-,26?/m1/s1. The molecule has 5 nitrogen and oxygen atoms in total. The average molecular weight is 418 g/mol. The van der Waals surface area contributed by atoms with E-state index in [4.69, 9.17) is 15.5 Å². The maximum Gasteiger partial charge on any atom is 0.261 e. The van der Waals surface area contributed by atoms with Crippen LogP contribution >= 0.6 is 0 Å². The minimum atomic E-state index is -1.01. The summed E-state index contributed by atoms with van der Waals surface area (Å²) in [5.41, 5.74) is 7.94. The molecule has 2 N–H and O–H groups in total. The first-order valence-corrected chi connectivity index (χ1v) is 11.4. The number of ether oxygens (including phenoxy) is 1. The monoisotopic (exact) mass is 417 g/mol. The van der Waals surface area contributed by atoms with Crippen molar-refractivity contribution in [2.45, 2.75) is 68.9 Å². The van der Waals surface area contributed by atoms with Crippen molar-refractivity contribution >= 4 is 11.9 Å². The number of guanidine groups is 1. The SMILES string of the molecule is CN1C(=O)C2(C[C@@](C)(Cc3ccccc3)Oc3ccc(C4CCCCC4)cc32)N=C1N. The number of nitrogens with zero attached hydrogens (tertiary/aromatic N) is 2. The summed E-state index contributed by atoms with van der Waals surface area (Å²) in [7, 11) is 1.71. The van der Waals surface area contributed by atoms with Crippen LogP contribution in [-0.2, 0) is 16.8 Å². The van der Waals surface area contributed by atoms with Crippen LogP contribution in [-0.4, -0.2) is 29.4 Å². The molecule has 0 bridgehead atoms. The van der Waals surface area contributed by atoms with Gasteiger partial charge in [-0.25, -0.2) is 4.99 Å². The summed E-state index contributed by atoms with van der Waals surface area (Å²) in [6, 6.07) is 16.7. The molecule has 31 heavy (non-hydrogen) atoms. The van der Waals surface area contributed by atoms with Crippen LogP contribution in [0.3, 0.4) is 0 Å².